The van der Waals surface area contributed by atoms with Crippen LogP contribution in [0.15, 0.2) is 24.5 Å². The van der Waals surface area contributed by atoms with E-state index in [2.05, 4.69) is 4.98 Å². The Kier molecular flexibility index (Phi) is 2.54. The summed E-state index contributed by atoms with van der Waals surface area (Å²) in [7, 11) is 0. The highest BCUT2D eigenvalue weighted by Crippen LogP contribution is 2.30. The highest BCUT2D eigenvalue weighted by atomic mass is 16.5. The number of ether oxygens (including phenoxy) is 1. The molecule has 1 fully saturated rings. The second-order valence-electron chi connectivity index (χ2n) is 4.11. The molecule has 4 nitrogen and oxygen atoms in total. The largest absolute Gasteiger partial charge is 0.379 e. The number of ketones is 1. The van der Waals surface area contributed by atoms with E-state index < -0.39 is 5.41 Å². The van der Waals surface area contributed by atoms with E-state index in [0.717, 1.165) is 0 Å². The van der Waals surface area contributed by atoms with Gasteiger partial charge in [0.1, 0.15) is 0 Å². The minimum atomic E-state index is -0.608. The summed E-state index contributed by atoms with van der Waals surface area (Å²) in [5.74, 6) is 0.0144. The van der Waals surface area contributed by atoms with E-state index in [0.29, 0.717) is 18.8 Å². The quantitative estimate of drug-likeness (QED) is 0.721. The Morgan fingerprint density at radius 2 is 2.53 bits per heavy atom. The van der Waals surface area contributed by atoms with Crippen molar-refractivity contribution in [3.8, 4) is 0 Å². The average Bonchev–Trinajstić information content (AvgIpc) is 2.61. The molecule has 1 aliphatic rings. The van der Waals surface area contributed by atoms with Crippen molar-refractivity contribution in [3.05, 3.63) is 30.1 Å². The lowest BCUT2D eigenvalue weighted by Crippen LogP contribution is -2.44. The number of pyridine rings is 1. The Balaban J connectivity index is 2.28. The second kappa shape index (κ2) is 3.72. The number of nitrogens with two attached hydrogens (primary N) is 1. The van der Waals surface area contributed by atoms with Gasteiger partial charge in [0.15, 0.2) is 5.78 Å². The standard InChI is InChI=1S/C11H14N2O2/c1-11(7-15-6-9(11)12)10(14)8-3-2-4-13-5-8/h2-5,9H,6-7,12H2,1H3. The number of hydrogen-bond donors (Lipinski definition) is 1. The summed E-state index contributed by atoms with van der Waals surface area (Å²) in [5.41, 5.74) is 5.88. The van der Waals surface area contributed by atoms with Crippen LogP contribution < -0.4 is 5.73 Å². The Bertz CT molecular complexity index is 366. The fraction of sp³-hybridized carbons (Fsp3) is 0.455. The zero-order valence-electron chi connectivity index (χ0n) is 8.64. The molecular formula is C11H14N2O2. The van der Waals surface area contributed by atoms with E-state index >= 15 is 0 Å². The average molecular weight is 206 g/mol. The van der Waals surface area contributed by atoms with Crippen LogP contribution in [0, 0.1) is 5.41 Å². The number of nitrogens with zero attached hydrogens (tertiary/aromatic N) is 1. The van der Waals surface area contributed by atoms with Crippen LogP contribution in [0.4, 0.5) is 0 Å². The maximum absolute atomic E-state index is 12.2. The number of carbonyl (C=O) groups excluding carboxylic acids is 1. The highest BCUT2D eigenvalue weighted by molar-refractivity contribution is 6.00. The molecule has 2 unspecified atom stereocenters. The van der Waals surface area contributed by atoms with Crippen molar-refractivity contribution in [3.63, 3.8) is 0 Å². The van der Waals surface area contributed by atoms with Gasteiger partial charge < -0.3 is 10.5 Å². The van der Waals surface area contributed by atoms with Crippen LogP contribution >= 0.6 is 0 Å². The van der Waals surface area contributed by atoms with Crippen LogP contribution in [0.5, 0.6) is 0 Å². The maximum Gasteiger partial charge on any atom is 0.174 e. The molecular weight excluding hydrogens is 192 g/mol. The molecule has 4 heteroatoms. The highest BCUT2D eigenvalue weighted by Gasteiger charge is 2.44. The van der Waals surface area contributed by atoms with Gasteiger partial charge >= 0.3 is 0 Å². The first kappa shape index (κ1) is 10.3. The molecule has 1 aliphatic heterocycles. The molecule has 0 amide bonds. The lowest BCUT2D eigenvalue weighted by molar-refractivity contribution is 0.0767. The summed E-state index contributed by atoms with van der Waals surface area (Å²) in [4.78, 5) is 16.1. The number of carbonyl (C=O) groups is 1. The third kappa shape index (κ3) is 1.66. The Morgan fingerprint density at radius 3 is 3.07 bits per heavy atom. The predicted molar refractivity (Wildman–Crippen MR) is 55.5 cm³/mol. The zero-order valence-corrected chi connectivity index (χ0v) is 8.64. The number of aromatic nitrogens is 1. The normalized spacial score (nSPS) is 30.4. The smallest absolute Gasteiger partial charge is 0.174 e. The maximum atomic E-state index is 12.2. The fourth-order valence-corrected chi connectivity index (χ4v) is 1.75. The van der Waals surface area contributed by atoms with E-state index in [1.54, 1.807) is 24.5 Å². The number of Topliss-reactive ketones (excluding diaryl/α,β-unsaturated/α-hetero) is 1. The van der Waals surface area contributed by atoms with Gasteiger partial charge in [0.25, 0.3) is 0 Å². The first-order valence-corrected chi connectivity index (χ1v) is 4.93. The third-order valence-electron chi connectivity index (χ3n) is 2.96. The van der Waals surface area contributed by atoms with Crippen molar-refractivity contribution in [2.24, 2.45) is 11.1 Å². The third-order valence-corrected chi connectivity index (χ3v) is 2.96. The minimum Gasteiger partial charge on any atom is -0.379 e. The van der Waals surface area contributed by atoms with E-state index in [1.165, 1.54) is 0 Å². The van der Waals surface area contributed by atoms with Gasteiger partial charge in [-0.2, -0.15) is 0 Å². The van der Waals surface area contributed by atoms with Gasteiger partial charge in [-0.15, -0.1) is 0 Å². The molecule has 2 N–H and O–H groups in total. The van der Waals surface area contributed by atoms with E-state index in [9.17, 15) is 4.79 Å². The Labute approximate surface area is 88.4 Å². The van der Waals surface area contributed by atoms with E-state index in [4.69, 9.17) is 10.5 Å². The topological polar surface area (TPSA) is 65.2 Å². The second-order valence-corrected chi connectivity index (χ2v) is 4.11. The van der Waals surface area contributed by atoms with Crippen LogP contribution in [0.2, 0.25) is 0 Å². The van der Waals surface area contributed by atoms with Gasteiger partial charge in [0, 0.05) is 24.0 Å². The molecule has 0 saturated carbocycles. The SMILES string of the molecule is CC1(C(=O)c2cccnc2)COCC1N. The monoisotopic (exact) mass is 206 g/mol. The van der Waals surface area contributed by atoms with Gasteiger partial charge in [-0.1, -0.05) is 0 Å². The molecule has 1 aromatic heterocycles. The van der Waals surface area contributed by atoms with Gasteiger partial charge in [-0.3, -0.25) is 9.78 Å². The molecule has 2 rings (SSSR count). The molecule has 1 saturated heterocycles. The van der Waals surface area contributed by atoms with Crippen LogP contribution in [-0.4, -0.2) is 30.0 Å². The van der Waals surface area contributed by atoms with Crippen molar-refractivity contribution in [2.75, 3.05) is 13.2 Å². The molecule has 0 aliphatic carbocycles. The molecule has 0 radical (unpaired) electrons. The lowest BCUT2D eigenvalue weighted by Gasteiger charge is -2.24. The molecule has 0 spiro atoms. The first-order chi connectivity index (χ1) is 7.14. The van der Waals surface area contributed by atoms with Gasteiger partial charge in [0.2, 0.25) is 0 Å². The predicted octanol–water partition coefficient (Wildman–Crippen LogP) is 0.628. The minimum absolute atomic E-state index is 0.0144. The van der Waals surface area contributed by atoms with Crippen LogP contribution in [0.3, 0.4) is 0 Å². The van der Waals surface area contributed by atoms with Crippen LogP contribution in [0.1, 0.15) is 17.3 Å². The van der Waals surface area contributed by atoms with Crippen LogP contribution in [0.25, 0.3) is 0 Å². The summed E-state index contributed by atoms with van der Waals surface area (Å²) in [6.07, 6.45) is 3.21. The van der Waals surface area contributed by atoms with Gasteiger partial charge in [-0.25, -0.2) is 0 Å². The summed E-state index contributed by atoms with van der Waals surface area (Å²) < 4.78 is 5.25. The summed E-state index contributed by atoms with van der Waals surface area (Å²) >= 11 is 0. The van der Waals surface area contributed by atoms with Crippen molar-refractivity contribution in [1.29, 1.82) is 0 Å². The lowest BCUT2D eigenvalue weighted by atomic mass is 9.79. The molecule has 0 bridgehead atoms. The number of hydrogen-bond acceptors (Lipinski definition) is 4. The van der Waals surface area contributed by atoms with Crippen molar-refractivity contribution >= 4 is 5.78 Å². The Hall–Kier alpha value is -1.26. The first-order valence-electron chi connectivity index (χ1n) is 4.93. The molecule has 1 aromatic rings. The van der Waals surface area contributed by atoms with Crippen molar-refractivity contribution < 1.29 is 9.53 Å². The number of rotatable bonds is 2. The summed E-state index contributed by atoms with van der Waals surface area (Å²) in [5, 5.41) is 0. The van der Waals surface area contributed by atoms with Crippen molar-refractivity contribution in [1.82, 2.24) is 4.98 Å². The Morgan fingerprint density at radius 1 is 1.73 bits per heavy atom. The molecule has 0 aromatic carbocycles. The van der Waals surface area contributed by atoms with E-state index in [-0.39, 0.29) is 11.8 Å². The zero-order chi connectivity index (χ0) is 10.9. The summed E-state index contributed by atoms with van der Waals surface area (Å²) in [6, 6.07) is 3.27. The van der Waals surface area contributed by atoms with Gasteiger partial charge in [-0.05, 0) is 19.1 Å². The molecule has 15 heavy (non-hydrogen) atoms. The fourth-order valence-electron chi connectivity index (χ4n) is 1.75. The van der Waals surface area contributed by atoms with E-state index in [1.807, 2.05) is 6.92 Å². The molecule has 80 valence electrons. The van der Waals surface area contributed by atoms with Gasteiger partial charge in [0.05, 0.1) is 18.6 Å². The summed E-state index contributed by atoms with van der Waals surface area (Å²) in [6.45, 7) is 2.68. The molecule has 2 heterocycles. The van der Waals surface area contributed by atoms with Crippen molar-refractivity contribution in [2.45, 2.75) is 13.0 Å². The van der Waals surface area contributed by atoms with Crippen LogP contribution in [-0.2, 0) is 4.74 Å². The molecule has 2 atom stereocenters.